The summed E-state index contributed by atoms with van der Waals surface area (Å²) in [6.45, 7) is 3.71. The van der Waals surface area contributed by atoms with Gasteiger partial charge in [0.1, 0.15) is 5.82 Å². The molecule has 1 fully saturated rings. The average molecular weight is 396 g/mol. The fourth-order valence-corrected chi connectivity index (χ4v) is 3.94. The van der Waals surface area contributed by atoms with Crippen molar-refractivity contribution in [2.24, 2.45) is 5.92 Å². The van der Waals surface area contributed by atoms with Crippen molar-refractivity contribution in [2.45, 2.75) is 57.0 Å². The molecular formula is C17H24F4N2O2S. The molecule has 0 unspecified atom stereocenters. The Morgan fingerprint density at radius 1 is 1.15 bits per heavy atom. The Labute approximate surface area is 151 Å². The van der Waals surface area contributed by atoms with Gasteiger partial charge in [-0.25, -0.2) is 17.5 Å². The Hall–Kier alpha value is -1.35. The van der Waals surface area contributed by atoms with Crippen LogP contribution in [0.1, 0.15) is 45.1 Å². The fourth-order valence-electron chi connectivity index (χ4n) is 2.97. The van der Waals surface area contributed by atoms with Gasteiger partial charge in [0.05, 0.1) is 10.8 Å². The Morgan fingerprint density at radius 2 is 1.77 bits per heavy atom. The molecule has 0 spiro atoms. The summed E-state index contributed by atoms with van der Waals surface area (Å²) in [4.78, 5) is 0. The second-order valence-electron chi connectivity index (χ2n) is 7.00. The minimum atomic E-state index is -4.73. The number of nitrogens with one attached hydrogen (secondary N) is 2. The third-order valence-electron chi connectivity index (χ3n) is 4.66. The van der Waals surface area contributed by atoms with Crippen LogP contribution in [0.4, 0.5) is 23.2 Å². The Bertz CT molecular complexity index is 712. The smallest absolute Gasteiger partial charge is 0.385 e. The first-order chi connectivity index (χ1) is 12.0. The third-order valence-corrected chi connectivity index (χ3v) is 6.57. The number of hydrogen-bond donors (Lipinski definition) is 2. The lowest BCUT2D eigenvalue weighted by Gasteiger charge is -2.29. The zero-order valence-electron chi connectivity index (χ0n) is 14.7. The van der Waals surface area contributed by atoms with Gasteiger partial charge < -0.3 is 5.32 Å². The van der Waals surface area contributed by atoms with Crippen molar-refractivity contribution in [3.63, 3.8) is 0 Å². The predicted octanol–water partition coefficient (Wildman–Crippen LogP) is 4.14. The molecule has 0 saturated heterocycles. The molecule has 148 valence electrons. The highest BCUT2D eigenvalue weighted by Crippen LogP contribution is 2.33. The normalized spacial score (nSPS) is 21.8. The maximum Gasteiger partial charge on any atom is 0.419 e. The number of halogens is 4. The van der Waals surface area contributed by atoms with Gasteiger partial charge in [0.2, 0.25) is 10.0 Å². The van der Waals surface area contributed by atoms with E-state index in [1.165, 1.54) is 6.07 Å². The van der Waals surface area contributed by atoms with Crippen molar-refractivity contribution in [3.05, 3.63) is 29.6 Å². The molecule has 9 heteroatoms. The molecule has 1 aromatic rings. The Balaban J connectivity index is 1.86. The topological polar surface area (TPSA) is 58.2 Å². The van der Waals surface area contributed by atoms with Crippen molar-refractivity contribution in [1.82, 2.24) is 4.72 Å². The van der Waals surface area contributed by atoms with Crippen LogP contribution in [0.25, 0.3) is 0 Å². The number of rotatable bonds is 6. The van der Waals surface area contributed by atoms with E-state index in [2.05, 4.69) is 10.0 Å². The van der Waals surface area contributed by atoms with Gasteiger partial charge in [0.15, 0.2) is 0 Å². The van der Waals surface area contributed by atoms with E-state index in [9.17, 15) is 26.0 Å². The van der Waals surface area contributed by atoms with Crippen molar-refractivity contribution in [3.8, 4) is 0 Å². The second kappa shape index (κ2) is 8.12. The first-order valence-corrected chi connectivity index (χ1v) is 10.2. The molecule has 1 aliphatic carbocycles. The second-order valence-corrected chi connectivity index (χ2v) is 9.27. The van der Waals surface area contributed by atoms with Crippen LogP contribution in [0.2, 0.25) is 0 Å². The first-order valence-electron chi connectivity index (χ1n) is 8.61. The van der Waals surface area contributed by atoms with Gasteiger partial charge in [0, 0.05) is 18.3 Å². The van der Waals surface area contributed by atoms with E-state index < -0.39 is 32.8 Å². The molecule has 0 amide bonds. The molecule has 0 aromatic heterocycles. The molecule has 2 N–H and O–H groups in total. The highest BCUT2D eigenvalue weighted by atomic mass is 32.2. The van der Waals surface area contributed by atoms with Crippen LogP contribution in [-0.2, 0) is 16.2 Å². The number of anilines is 1. The van der Waals surface area contributed by atoms with Crippen molar-refractivity contribution in [1.29, 1.82) is 0 Å². The molecule has 1 aromatic carbocycles. The largest absolute Gasteiger partial charge is 0.419 e. The molecule has 1 saturated carbocycles. The highest BCUT2D eigenvalue weighted by molar-refractivity contribution is 7.90. The van der Waals surface area contributed by atoms with E-state index in [-0.39, 0.29) is 17.6 Å². The van der Waals surface area contributed by atoms with Gasteiger partial charge in [-0.1, -0.05) is 0 Å². The lowest BCUT2D eigenvalue weighted by molar-refractivity contribution is -0.139. The summed E-state index contributed by atoms with van der Waals surface area (Å²) in [5.74, 6) is -1.06. The summed E-state index contributed by atoms with van der Waals surface area (Å²) in [5, 5.41) is 2.45. The van der Waals surface area contributed by atoms with Crippen LogP contribution in [-0.4, -0.2) is 26.3 Å². The highest BCUT2D eigenvalue weighted by Gasteiger charge is 2.34. The molecule has 0 heterocycles. The standard InChI is InChI=1S/C17H24F4N2O2S/c1-11(2)26(24,25)23-13-5-3-12(4-6-13)10-22-14-7-8-16(18)15(9-14)17(19,20)21/h7-9,11-13,22-23H,3-6,10H2,1-2H3. The van der Waals surface area contributed by atoms with Crippen molar-refractivity contribution >= 4 is 15.7 Å². The first kappa shape index (κ1) is 21.0. The maximum absolute atomic E-state index is 13.3. The number of hydrogen-bond acceptors (Lipinski definition) is 3. The molecule has 0 atom stereocenters. The van der Waals surface area contributed by atoms with E-state index in [1.807, 2.05) is 0 Å². The fraction of sp³-hybridized carbons (Fsp3) is 0.647. The summed E-state index contributed by atoms with van der Waals surface area (Å²) in [7, 11) is -3.30. The minimum Gasteiger partial charge on any atom is -0.385 e. The van der Waals surface area contributed by atoms with Gasteiger partial charge in [-0.2, -0.15) is 13.2 Å². The van der Waals surface area contributed by atoms with Crippen molar-refractivity contribution in [2.75, 3.05) is 11.9 Å². The molecule has 0 bridgehead atoms. The van der Waals surface area contributed by atoms with E-state index in [4.69, 9.17) is 0 Å². The minimum absolute atomic E-state index is 0.0960. The molecule has 0 radical (unpaired) electrons. The maximum atomic E-state index is 13.3. The summed E-state index contributed by atoms with van der Waals surface area (Å²) < 4.78 is 78.0. The van der Waals surface area contributed by atoms with Gasteiger partial charge in [-0.3, -0.25) is 0 Å². The molecule has 0 aliphatic heterocycles. The predicted molar refractivity (Wildman–Crippen MR) is 92.8 cm³/mol. The zero-order chi connectivity index (χ0) is 19.5. The van der Waals surface area contributed by atoms with Crippen LogP contribution >= 0.6 is 0 Å². The third kappa shape index (κ3) is 5.57. The van der Waals surface area contributed by atoms with Crippen LogP contribution in [0.15, 0.2) is 18.2 Å². The molecular weight excluding hydrogens is 372 g/mol. The summed E-state index contributed by atoms with van der Waals surface area (Å²) in [5.41, 5.74) is -1.06. The van der Waals surface area contributed by atoms with Gasteiger partial charge in [0.25, 0.3) is 0 Å². The van der Waals surface area contributed by atoms with Crippen molar-refractivity contribution < 1.29 is 26.0 Å². The average Bonchev–Trinajstić information content (AvgIpc) is 2.54. The van der Waals surface area contributed by atoms with Gasteiger partial charge in [-0.05, 0) is 63.6 Å². The summed E-state index contributed by atoms with van der Waals surface area (Å²) in [6.07, 6.45) is -1.81. The number of benzene rings is 1. The summed E-state index contributed by atoms with van der Waals surface area (Å²) >= 11 is 0. The van der Waals surface area contributed by atoms with Crippen LogP contribution in [0, 0.1) is 11.7 Å². The van der Waals surface area contributed by atoms with Crippen LogP contribution in [0.5, 0.6) is 0 Å². The van der Waals surface area contributed by atoms with E-state index >= 15 is 0 Å². The monoisotopic (exact) mass is 396 g/mol. The van der Waals surface area contributed by atoms with Crippen LogP contribution < -0.4 is 10.0 Å². The number of alkyl halides is 3. The SMILES string of the molecule is CC(C)S(=O)(=O)NC1CCC(CNc2ccc(F)c(C(F)(F)F)c2)CC1. The number of sulfonamides is 1. The molecule has 26 heavy (non-hydrogen) atoms. The van der Waals surface area contributed by atoms with Gasteiger partial charge in [-0.15, -0.1) is 0 Å². The molecule has 4 nitrogen and oxygen atoms in total. The molecule has 1 aliphatic rings. The Kier molecular flexibility index (Phi) is 6.55. The lowest BCUT2D eigenvalue weighted by atomic mass is 9.86. The lowest BCUT2D eigenvalue weighted by Crippen LogP contribution is -2.41. The Morgan fingerprint density at radius 3 is 2.31 bits per heavy atom. The molecule has 2 rings (SSSR count). The zero-order valence-corrected chi connectivity index (χ0v) is 15.6. The van der Waals surface area contributed by atoms with E-state index in [1.54, 1.807) is 13.8 Å². The van der Waals surface area contributed by atoms with E-state index in [0.29, 0.717) is 19.4 Å². The summed E-state index contributed by atoms with van der Waals surface area (Å²) in [6, 6.07) is 2.77. The van der Waals surface area contributed by atoms with Gasteiger partial charge >= 0.3 is 6.18 Å². The van der Waals surface area contributed by atoms with Crippen LogP contribution in [0.3, 0.4) is 0 Å². The van der Waals surface area contributed by atoms with E-state index in [0.717, 1.165) is 25.0 Å². The quantitative estimate of drug-likeness (QED) is 0.711.